The molecule has 0 aliphatic rings. The van der Waals surface area contributed by atoms with E-state index in [0.29, 0.717) is 22.5 Å². The third-order valence-corrected chi connectivity index (χ3v) is 3.88. The monoisotopic (exact) mass is 341 g/mol. The molecular weight excluding hydrogens is 326 g/mol. The van der Waals surface area contributed by atoms with Crippen molar-refractivity contribution in [1.29, 1.82) is 0 Å². The van der Waals surface area contributed by atoms with Gasteiger partial charge in [-0.2, -0.15) is 0 Å². The van der Waals surface area contributed by atoms with Crippen molar-refractivity contribution >= 4 is 23.3 Å². The Bertz CT molecular complexity index is 918. The zero-order valence-electron chi connectivity index (χ0n) is 13.6. The van der Waals surface area contributed by atoms with Crippen LogP contribution in [0.4, 0.5) is 5.82 Å². The van der Waals surface area contributed by atoms with Gasteiger partial charge in [-0.25, -0.2) is 9.97 Å². The number of benzene rings is 1. The summed E-state index contributed by atoms with van der Waals surface area (Å²) in [5, 5.41) is 3.27. The van der Waals surface area contributed by atoms with E-state index in [2.05, 4.69) is 15.3 Å². The van der Waals surface area contributed by atoms with E-state index in [1.54, 1.807) is 12.3 Å². The smallest absolute Gasteiger partial charge is 0.227 e. The molecule has 0 saturated heterocycles. The molecule has 1 N–H and O–H groups in total. The summed E-state index contributed by atoms with van der Waals surface area (Å²) in [6, 6.07) is 9.21. The second kappa shape index (κ2) is 6.45. The number of hydrogen-bond donors (Lipinski definition) is 1. The Morgan fingerprint density at radius 3 is 2.67 bits per heavy atom. The van der Waals surface area contributed by atoms with Crippen LogP contribution >= 0.6 is 11.6 Å². The summed E-state index contributed by atoms with van der Waals surface area (Å²) in [5.74, 6) is 1.37. The molecule has 0 aliphatic carbocycles. The van der Waals surface area contributed by atoms with E-state index >= 15 is 0 Å². The predicted molar refractivity (Wildman–Crippen MR) is 94.0 cm³/mol. The van der Waals surface area contributed by atoms with Gasteiger partial charge in [-0.15, -0.1) is 0 Å². The lowest BCUT2D eigenvalue weighted by Crippen LogP contribution is -2.07. The van der Waals surface area contributed by atoms with Crippen molar-refractivity contribution in [3.05, 3.63) is 52.8 Å². The number of pyridine rings is 1. The molecule has 0 fully saturated rings. The number of carbonyl (C=O) groups is 1. The van der Waals surface area contributed by atoms with Crippen LogP contribution in [0.25, 0.3) is 22.8 Å². The predicted octanol–water partition coefficient (Wildman–Crippen LogP) is 4.63. The van der Waals surface area contributed by atoms with E-state index in [9.17, 15) is 4.79 Å². The van der Waals surface area contributed by atoms with Gasteiger partial charge in [0.2, 0.25) is 11.8 Å². The van der Waals surface area contributed by atoms with Crippen molar-refractivity contribution in [1.82, 2.24) is 9.97 Å². The molecule has 0 spiro atoms. The highest BCUT2D eigenvalue weighted by Gasteiger charge is 2.17. The highest BCUT2D eigenvalue weighted by atomic mass is 35.5. The number of nitrogens with zero attached hydrogens (tertiary/aromatic N) is 2. The minimum Gasteiger partial charge on any atom is -0.436 e. The molecule has 3 rings (SSSR count). The van der Waals surface area contributed by atoms with Gasteiger partial charge in [0.1, 0.15) is 5.82 Å². The van der Waals surface area contributed by atoms with Crippen LogP contribution in [-0.2, 0) is 4.79 Å². The van der Waals surface area contributed by atoms with Crippen LogP contribution < -0.4 is 5.32 Å². The van der Waals surface area contributed by atoms with Crippen LogP contribution in [0.2, 0.25) is 5.02 Å². The molecule has 2 heterocycles. The maximum Gasteiger partial charge on any atom is 0.227 e. The molecule has 6 heteroatoms. The Morgan fingerprint density at radius 1 is 1.21 bits per heavy atom. The number of halogens is 1. The van der Waals surface area contributed by atoms with Crippen LogP contribution in [0.1, 0.15) is 18.2 Å². The number of nitrogens with one attached hydrogen (secondary N) is 1. The Balaban J connectivity index is 2.07. The molecule has 2 aromatic heterocycles. The van der Waals surface area contributed by atoms with E-state index in [0.717, 1.165) is 22.4 Å². The molecule has 122 valence electrons. The summed E-state index contributed by atoms with van der Waals surface area (Å²) in [7, 11) is 0. The van der Waals surface area contributed by atoms with Gasteiger partial charge in [0.25, 0.3) is 0 Å². The molecule has 0 atom stereocenters. The summed E-state index contributed by atoms with van der Waals surface area (Å²) >= 11 is 6.25. The second-order valence-corrected chi connectivity index (χ2v) is 5.89. The van der Waals surface area contributed by atoms with E-state index < -0.39 is 0 Å². The molecule has 1 amide bonds. The van der Waals surface area contributed by atoms with Gasteiger partial charge < -0.3 is 9.73 Å². The van der Waals surface area contributed by atoms with Crippen LogP contribution in [-0.4, -0.2) is 15.9 Å². The Kier molecular flexibility index (Phi) is 4.36. The lowest BCUT2D eigenvalue weighted by atomic mass is 10.1. The summed E-state index contributed by atoms with van der Waals surface area (Å²) in [4.78, 5) is 19.9. The summed E-state index contributed by atoms with van der Waals surface area (Å²) in [6.07, 6.45) is 1.68. The van der Waals surface area contributed by atoms with E-state index in [1.165, 1.54) is 6.92 Å². The first-order chi connectivity index (χ1) is 11.5. The van der Waals surface area contributed by atoms with Crippen LogP contribution in [0, 0.1) is 13.8 Å². The Hall–Kier alpha value is -2.66. The third kappa shape index (κ3) is 3.16. The number of aryl methyl sites for hydroxylation is 2. The van der Waals surface area contributed by atoms with Gasteiger partial charge in [-0.1, -0.05) is 23.7 Å². The number of amides is 1. The van der Waals surface area contributed by atoms with Crippen molar-refractivity contribution in [3.8, 4) is 22.8 Å². The van der Waals surface area contributed by atoms with Crippen LogP contribution in [0.5, 0.6) is 0 Å². The summed E-state index contributed by atoms with van der Waals surface area (Å²) in [6.45, 7) is 5.22. The maximum atomic E-state index is 11.2. The third-order valence-electron chi connectivity index (χ3n) is 3.55. The minimum absolute atomic E-state index is 0.183. The number of hydrogen-bond acceptors (Lipinski definition) is 4. The van der Waals surface area contributed by atoms with Crippen molar-refractivity contribution in [3.63, 3.8) is 0 Å². The number of aromatic nitrogens is 2. The quantitative estimate of drug-likeness (QED) is 0.754. The van der Waals surface area contributed by atoms with Crippen molar-refractivity contribution in [2.45, 2.75) is 20.8 Å². The molecule has 1 aromatic carbocycles. The first kappa shape index (κ1) is 16.2. The average molecular weight is 342 g/mol. The maximum absolute atomic E-state index is 11.2. The second-order valence-electron chi connectivity index (χ2n) is 5.48. The highest BCUT2D eigenvalue weighted by Crippen LogP contribution is 2.34. The molecule has 0 aliphatic heterocycles. The zero-order chi connectivity index (χ0) is 17.3. The van der Waals surface area contributed by atoms with E-state index in [1.807, 2.05) is 38.1 Å². The standard InChI is InChI=1S/C18H16ClN3O2/c1-10-9-20-16(22-12(3)23)8-14(10)18-21-11(2)17(24-18)13-6-4-5-7-15(13)19/h4-9H,1-3H3,(H,20,22,23). The molecule has 0 unspecified atom stereocenters. The minimum atomic E-state index is -0.183. The Morgan fingerprint density at radius 2 is 1.96 bits per heavy atom. The SMILES string of the molecule is CC(=O)Nc1cc(-c2nc(C)c(-c3ccccc3Cl)o2)c(C)cn1. The van der Waals surface area contributed by atoms with Crippen molar-refractivity contribution in [2.24, 2.45) is 0 Å². The largest absolute Gasteiger partial charge is 0.436 e. The first-order valence-corrected chi connectivity index (χ1v) is 7.80. The van der Waals surface area contributed by atoms with Gasteiger partial charge >= 0.3 is 0 Å². The zero-order valence-corrected chi connectivity index (χ0v) is 14.3. The van der Waals surface area contributed by atoms with E-state index in [4.69, 9.17) is 16.0 Å². The Labute approximate surface area is 144 Å². The average Bonchev–Trinajstić information content (AvgIpc) is 2.91. The lowest BCUT2D eigenvalue weighted by molar-refractivity contribution is -0.114. The van der Waals surface area contributed by atoms with Gasteiger partial charge in [0.15, 0.2) is 5.76 Å². The van der Waals surface area contributed by atoms with Crippen LogP contribution in [0.3, 0.4) is 0 Å². The van der Waals surface area contributed by atoms with E-state index in [-0.39, 0.29) is 5.91 Å². The number of oxazole rings is 1. The number of anilines is 1. The molecule has 3 aromatic rings. The molecule has 24 heavy (non-hydrogen) atoms. The lowest BCUT2D eigenvalue weighted by Gasteiger charge is -2.05. The van der Waals surface area contributed by atoms with Crippen LogP contribution in [0.15, 0.2) is 40.9 Å². The summed E-state index contributed by atoms with van der Waals surface area (Å²) in [5.41, 5.74) is 3.21. The normalized spacial score (nSPS) is 10.7. The van der Waals surface area contributed by atoms with Crippen molar-refractivity contribution in [2.75, 3.05) is 5.32 Å². The number of carbonyl (C=O) groups excluding carboxylic acids is 1. The fourth-order valence-electron chi connectivity index (χ4n) is 2.41. The molecular formula is C18H16ClN3O2. The molecule has 0 bridgehead atoms. The topological polar surface area (TPSA) is 68.0 Å². The highest BCUT2D eigenvalue weighted by molar-refractivity contribution is 6.33. The molecule has 5 nitrogen and oxygen atoms in total. The first-order valence-electron chi connectivity index (χ1n) is 7.42. The van der Waals surface area contributed by atoms with Gasteiger partial charge in [0.05, 0.1) is 10.7 Å². The number of rotatable bonds is 3. The van der Waals surface area contributed by atoms with Crippen molar-refractivity contribution < 1.29 is 9.21 Å². The fourth-order valence-corrected chi connectivity index (χ4v) is 2.63. The summed E-state index contributed by atoms with van der Waals surface area (Å²) < 4.78 is 5.97. The van der Waals surface area contributed by atoms with Gasteiger partial charge in [-0.3, -0.25) is 4.79 Å². The molecule has 0 saturated carbocycles. The van der Waals surface area contributed by atoms with Gasteiger partial charge in [0, 0.05) is 24.2 Å². The molecule has 0 radical (unpaired) electrons. The van der Waals surface area contributed by atoms with Gasteiger partial charge in [-0.05, 0) is 37.6 Å². The fraction of sp³-hybridized carbons (Fsp3) is 0.167.